The van der Waals surface area contributed by atoms with Gasteiger partial charge in [0.15, 0.2) is 0 Å². The molecule has 0 fully saturated rings. The van der Waals surface area contributed by atoms with Crippen LogP contribution in [0.25, 0.3) is 0 Å². The Morgan fingerprint density at radius 3 is 2.41 bits per heavy atom. The Morgan fingerprint density at radius 1 is 1.14 bits per heavy atom. The van der Waals surface area contributed by atoms with Crippen molar-refractivity contribution in [1.82, 2.24) is 0 Å². The predicted octanol–water partition coefficient (Wildman–Crippen LogP) is 2.38. The number of rotatable bonds is 5. The van der Waals surface area contributed by atoms with E-state index >= 15 is 0 Å². The van der Waals surface area contributed by atoms with Gasteiger partial charge in [0.05, 0.1) is 4.90 Å². The van der Waals surface area contributed by atoms with Crippen LogP contribution in [-0.2, 0) is 14.8 Å². The fourth-order valence-corrected chi connectivity index (χ4v) is 3.24. The Balaban J connectivity index is 2.21. The van der Waals surface area contributed by atoms with E-state index in [1.165, 1.54) is 30.0 Å². The minimum absolute atomic E-state index is 0.0364. The van der Waals surface area contributed by atoms with Crippen LogP contribution in [0.2, 0.25) is 0 Å². The second-order valence-corrected chi connectivity index (χ2v) is 7.09. The fraction of sp³-hybridized carbons (Fsp3) is 0.133. The average Bonchev–Trinajstić information content (AvgIpc) is 2.48. The summed E-state index contributed by atoms with van der Waals surface area (Å²) < 4.78 is 22.7. The number of nitrogens with one attached hydrogen (secondary N) is 1. The second-order valence-electron chi connectivity index (χ2n) is 4.59. The van der Waals surface area contributed by atoms with Gasteiger partial charge in [0.2, 0.25) is 15.9 Å². The Kier molecular flexibility index (Phi) is 5.23. The second kappa shape index (κ2) is 6.95. The van der Waals surface area contributed by atoms with Crippen molar-refractivity contribution < 1.29 is 13.2 Å². The molecule has 5 nitrogen and oxygen atoms in total. The quantitative estimate of drug-likeness (QED) is 0.877. The summed E-state index contributed by atoms with van der Waals surface area (Å²) in [6.07, 6.45) is 1.85. The molecule has 0 radical (unpaired) electrons. The Morgan fingerprint density at radius 2 is 1.82 bits per heavy atom. The molecule has 0 bridgehead atoms. The predicted molar refractivity (Wildman–Crippen MR) is 89.1 cm³/mol. The number of thioether (sulfide) groups is 1. The van der Waals surface area contributed by atoms with Gasteiger partial charge in [0.1, 0.15) is 5.25 Å². The molecular weight excluding hydrogens is 320 g/mol. The van der Waals surface area contributed by atoms with E-state index in [1.54, 1.807) is 6.07 Å². The van der Waals surface area contributed by atoms with Crippen LogP contribution in [-0.4, -0.2) is 20.6 Å². The SMILES string of the molecule is CS[C@@H](C(=O)Nc1cccc(S(N)(=O)=O)c1)c1ccccc1. The summed E-state index contributed by atoms with van der Waals surface area (Å²) >= 11 is 1.41. The maximum Gasteiger partial charge on any atom is 0.241 e. The summed E-state index contributed by atoms with van der Waals surface area (Å²) in [5.41, 5.74) is 1.28. The largest absolute Gasteiger partial charge is 0.325 e. The van der Waals surface area contributed by atoms with Crippen molar-refractivity contribution >= 4 is 33.4 Å². The lowest BCUT2D eigenvalue weighted by Gasteiger charge is -2.15. The van der Waals surface area contributed by atoms with Crippen LogP contribution < -0.4 is 10.5 Å². The maximum atomic E-state index is 12.4. The molecule has 0 aliphatic heterocycles. The van der Waals surface area contributed by atoms with Crippen LogP contribution in [0, 0.1) is 0 Å². The van der Waals surface area contributed by atoms with E-state index in [0.29, 0.717) is 5.69 Å². The van der Waals surface area contributed by atoms with Gasteiger partial charge in [-0.3, -0.25) is 4.79 Å². The first-order chi connectivity index (χ1) is 10.4. The number of sulfonamides is 1. The van der Waals surface area contributed by atoms with Gasteiger partial charge < -0.3 is 5.32 Å². The lowest BCUT2D eigenvalue weighted by Crippen LogP contribution is -2.19. The van der Waals surface area contributed by atoms with Gasteiger partial charge in [0.25, 0.3) is 0 Å². The molecule has 0 unspecified atom stereocenters. The number of amides is 1. The van der Waals surface area contributed by atoms with E-state index in [-0.39, 0.29) is 16.1 Å². The van der Waals surface area contributed by atoms with Crippen molar-refractivity contribution in [3.63, 3.8) is 0 Å². The fourth-order valence-electron chi connectivity index (χ4n) is 1.98. The van der Waals surface area contributed by atoms with E-state index in [0.717, 1.165) is 5.56 Å². The highest BCUT2D eigenvalue weighted by molar-refractivity contribution is 7.99. The molecule has 1 amide bonds. The van der Waals surface area contributed by atoms with Crippen LogP contribution >= 0.6 is 11.8 Å². The zero-order valence-electron chi connectivity index (χ0n) is 11.9. The standard InChI is InChI=1S/C15H16N2O3S2/c1-21-14(11-6-3-2-4-7-11)15(18)17-12-8-5-9-13(10-12)22(16,19)20/h2-10,14H,1H3,(H,17,18)(H2,16,19,20)/t14-/m1/s1. The smallest absolute Gasteiger partial charge is 0.241 e. The number of carbonyl (C=O) groups is 1. The summed E-state index contributed by atoms with van der Waals surface area (Å²) in [4.78, 5) is 12.4. The van der Waals surface area contributed by atoms with Gasteiger partial charge in [-0.1, -0.05) is 36.4 Å². The lowest BCUT2D eigenvalue weighted by molar-refractivity contribution is -0.115. The molecule has 2 rings (SSSR count). The molecule has 0 aliphatic rings. The maximum absolute atomic E-state index is 12.4. The number of primary sulfonamides is 1. The first kappa shape index (κ1) is 16.5. The van der Waals surface area contributed by atoms with Crippen LogP contribution in [0.1, 0.15) is 10.8 Å². The third-order valence-electron chi connectivity index (χ3n) is 3.01. The summed E-state index contributed by atoms with van der Waals surface area (Å²) in [7, 11) is -3.80. The Labute approximate surface area is 134 Å². The van der Waals surface area contributed by atoms with E-state index < -0.39 is 10.0 Å². The molecule has 7 heteroatoms. The Bertz CT molecular complexity index is 761. The summed E-state index contributed by atoms with van der Waals surface area (Å²) in [6, 6.07) is 15.3. The summed E-state index contributed by atoms with van der Waals surface area (Å²) in [6.45, 7) is 0. The monoisotopic (exact) mass is 336 g/mol. The summed E-state index contributed by atoms with van der Waals surface area (Å²) in [5.74, 6) is -0.217. The van der Waals surface area contributed by atoms with Crippen molar-refractivity contribution in [1.29, 1.82) is 0 Å². The summed E-state index contributed by atoms with van der Waals surface area (Å²) in [5, 5.41) is 7.44. The third kappa shape index (κ3) is 4.09. The van der Waals surface area contributed by atoms with Crippen LogP contribution in [0.5, 0.6) is 0 Å². The Hall–Kier alpha value is -1.83. The van der Waals surface area contributed by atoms with Crippen LogP contribution in [0.15, 0.2) is 59.5 Å². The molecule has 116 valence electrons. The molecule has 0 heterocycles. The molecular formula is C15H16N2O3S2. The molecule has 0 aromatic heterocycles. The molecule has 0 saturated carbocycles. The van der Waals surface area contributed by atoms with E-state index in [9.17, 15) is 13.2 Å². The van der Waals surface area contributed by atoms with E-state index in [4.69, 9.17) is 5.14 Å². The molecule has 0 saturated heterocycles. The first-order valence-electron chi connectivity index (χ1n) is 6.43. The molecule has 2 aromatic rings. The zero-order chi connectivity index (χ0) is 16.2. The average molecular weight is 336 g/mol. The highest BCUT2D eigenvalue weighted by atomic mass is 32.2. The van der Waals surface area contributed by atoms with E-state index in [1.807, 2.05) is 36.6 Å². The molecule has 3 N–H and O–H groups in total. The van der Waals surface area contributed by atoms with Gasteiger partial charge in [-0.05, 0) is 30.0 Å². The molecule has 22 heavy (non-hydrogen) atoms. The molecule has 0 spiro atoms. The van der Waals surface area contributed by atoms with Crippen molar-refractivity contribution in [2.45, 2.75) is 10.1 Å². The first-order valence-corrected chi connectivity index (χ1v) is 9.26. The topological polar surface area (TPSA) is 89.3 Å². The van der Waals surface area contributed by atoms with E-state index in [2.05, 4.69) is 5.32 Å². The van der Waals surface area contributed by atoms with Gasteiger partial charge >= 0.3 is 0 Å². The number of benzene rings is 2. The highest BCUT2D eigenvalue weighted by Crippen LogP contribution is 2.28. The van der Waals surface area contributed by atoms with Gasteiger partial charge in [0, 0.05) is 5.69 Å². The van der Waals surface area contributed by atoms with Gasteiger partial charge in [-0.25, -0.2) is 13.6 Å². The number of carbonyl (C=O) groups excluding carboxylic acids is 1. The van der Waals surface area contributed by atoms with Crippen molar-refractivity contribution in [3.8, 4) is 0 Å². The number of anilines is 1. The number of hydrogen-bond acceptors (Lipinski definition) is 4. The normalized spacial score (nSPS) is 12.6. The molecule has 0 aliphatic carbocycles. The van der Waals surface area contributed by atoms with Crippen molar-refractivity contribution in [3.05, 3.63) is 60.2 Å². The number of hydrogen-bond donors (Lipinski definition) is 2. The van der Waals surface area contributed by atoms with Crippen molar-refractivity contribution in [2.75, 3.05) is 11.6 Å². The van der Waals surface area contributed by atoms with Crippen LogP contribution in [0.4, 0.5) is 5.69 Å². The van der Waals surface area contributed by atoms with Crippen LogP contribution in [0.3, 0.4) is 0 Å². The zero-order valence-corrected chi connectivity index (χ0v) is 13.5. The third-order valence-corrected chi connectivity index (χ3v) is 4.87. The molecule has 2 aromatic carbocycles. The minimum Gasteiger partial charge on any atom is -0.325 e. The highest BCUT2D eigenvalue weighted by Gasteiger charge is 2.19. The molecule has 1 atom stereocenters. The van der Waals surface area contributed by atoms with Crippen molar-refractivity contribution in [2.24, 2.45) is 5.14 Å². The van der Waals surface area contributed by atoms with Gasteiger partial charge in [-0.15, -0.1) is 11.8 Å². The minimum atomic E-state index is -3.80. The number of nitrogens with two attached hydrogens (primary N) is 1. The van der Waals surface area contributed by atoms with Gasteiger partial charge in [-0.2, -0.15) is 0 Å². The lowest BCUT2D eigenvalue weighted by atomic mass is 10.1.